The van der Waals surface area contributed by atoms with E-state index >= 15 is 0 Å². The highest BCUT2D eigenvalue weighted by atomic mass is 32.2. The van der Waals surface area contributed by atoms with Crippen molar-refractivity contribution in [3.05, 3.63) is 23.8 Å². The third-order valence-corrected chi connectivity index (χ3v) is 3.72. The van der Waals surface area contributed by atoms with Gasteiger partial charge in [-0.3, -0.25) is 4.79 Å². The van der Waals surface area contributed by atoms with E-state index in [1.807, 2.05) is 13.2 Å². The van der Waals surface area contributed by atoms with Crippen molar-refractivity contribution in [1.29, 1.82) is 0 Å². The van der Waals surface area contributed by atoms with E-state index in [1.165, 1.54) is 0 Å². The van der Waals surface area contributed by atoms with Gasteiger partial charge < -0.3 is 15.4 Å². The topological polar surface area (TPSA) is 55.6 Å². The summed E-state index contributed by atoms with van der Waals surface area (Å²) in [7, 11) is 3.34. The number of ether oxygens (including phenoxy) is 1. The zero-order valence-electron chi connectivity index (χ0n) is 11.3. The molecular formula is C13H20N2O2S. The Labute approximate surface area is 112 Å². The number of nitrogens with two attached hydrogens (primary N) is 1. The maximum absolute atomic E-state index is 12.3. The first-order chi connectivity index (χ1) is 8.52. The molecule has 0 bridgehead atoms. The summed E-state index contributed by atoms with van der Waals surface area (Å²) in [6, 6.07) is 5.41. The number of hydrogen-bond donors (Lipinski definition) is 1. The Bertz CT molecular complexity index is 423. The number of methoxy groups -OCH3 is 1. The van der Waals surface area contributed by atoms with E-state index in [1.54, 1.807) is 49.0 Å². The van der Waals surface area contributed by atoms with Crippen molar-refractivity contribution in [2.24, 2.45) is 0 Å². The van der Waals surface area contributed by atoms with Gasteiger partial charge in [-0.05, 0) is 25.3 Å². The lowest BCUT2D eigenvalue weighted by molar-refractivity contribution is 0.0758. The van der Waals surface area contributed by atoms with Crippen molar-refractivity contribution in [2.45, 2.75) is 13.0 Å². The molecule has 1 atom stereocenters. The van der Waals surface area contributed by atoms with Gasteiger partial charge in [-0.25, -0.2) is 0 Å². The van der Waals surface area contributed by atoms with Crippen LogP contribution in [0, 0.1) is 0 Å². The quantitative estimate of drug-likeness (QED) is 0.831. The lowest BCUT2D eigenvalue weighted by Gasteiger charge is -2.25. The molecule has 0 aromatic heterocycles. The zero-order chi connectivity index (χ0) is 13.7. The summed E-state index contributed by atoms with van der Waals surface area (Å²) in [5.41, 5.74) is 6.82. The fraction of sp³-hybridized carbons (Fsp3) is 0.462. The number of thioether (sulfide) groups is 1. The lowest BCUT2D eigenvalue weighted by atomic mass is 10.1. The monoisotopic (exact) mass is 268 g/mol. The lowest BCUT2D eigenvalue weighted by Crippen LogP contribution is -2.37. The summed E-state index contributed by atoms with van der Waals surface area (Å²) < 4.78 is 5.12. The number of carbonyl (C=O) groups excluding carboxylic acids is 1. The van der Waals surface area contributed by atoms with Gasteiger partial charge in [0.15, 0.2) is 0 Å². The van der Waals surface area contributed by atoms with Crippen LogP contribution in [0.1, 0.15) is 17.3 Å². The Balaban J connectivity index is 2.97. The number of nitrogens with zero attached hydrogens (tertiary/aromatic N) is 1. The average Bonchev–Trinajstić information content (AvgIpc) is 2.37. The van der Waals surface area contributed by atoms with Gasteiger partial charge in [0.2, 0.25) is 0 Å². The van der Waals surface area contributed by atoms with Crippen LogP contribution in [0.4, 0.5) is 5.69 Å². The van der Waals surface area contributed by atoms with Gasteiger partial charge in [-0.1, -0.05) is 6.07 Å². The summed E-state index contributed by atoms with van der Waals surface area (Å²) in [5.74, 6) is 1.35. The average molecular weight is 268 g/mol. The second-order valence-electron chi connectivity index (χ2n) is 4.14. The molecule has 1 amide bonds. The molecule has 0 aliphatic carbocycles. The van der Waals surface area contributed by atoms with Crippen molar-refractivity contribution in [3.63, 3.8) is 0 Å². The summed E-state index contributed by atoms with van der Waals surface area (Å²) in [6.07, 6.45) is 2.02. The van der Waals surface area contributed by atoms with E-state index in [0.717, 1.165) is 5.75 Å². The van der Waals surface area contributed by atoms with Crippen molar-refractivity contribution in [2.75, 3.05) is 31.9 Å². The molecule has 2 N–H and O–H groups in total. The Hall–Kier alpha value is -1.36. The van der Waals surface area contributed by atoms with Gasteiger partial charge in [-0.2, -0.15) is 11.8 Å². The van der Waals surface area contributed by atoms with Gasteiger partial charge in [0.05, 0.1) is 18.4 Å². The highest BCUT2D eigenvalue weighted by molar-refractivity contribution is 7.98. The smallest absolute Gasteiger partial charge is 0.256 e. The Morgan fingerprint density at radius 3 is 2.78 bits per heavy atom. The number of anilines is 1. The van der Waals surface area contributed by atoms with E-state index in [0.29, 0.717) is 17.0 Å². The predicted molar refractivity (Wildman–Crippen MR) is 77.3 cm³/mol. The number of carbonyl (C=O) groups is 1. The number of rotatable bonds is 5. The van der Waals surface area contributed by atoms with Crippen LogP contribution in [-0.2, 0) is 0 Å². The number of nitrogen functional groups attached to an aromatic ring is 1. The van der Waals surface area contributed by atoms with Crippen LogP contribution in [-0.4, -0.2) is 43.0 Å². The molecule has 1 aromatic carbocycles. The molecule has 0 aliphatic rings. The molecule has 0 saturated heterocycles. The standard InChI is InChI=1S/C13H20N2O2S/c1-9(8-18-4)15(2)13(16)10-6-5-7-11(17-3)12(10)14/h5-7,9H,8,14H2,1-4H3. The molecule has 0 radical (unpaired) electrons. The highest BCUT2D eigenvalue weighted by Crippen LogP contribution is 2.26. The molecule has 5 heteroatoms. The Morgan fingerprint density at radius 2 is 2.22 bits per heavy atom. The third-order valence-electron chi connectivity index (χ3n) is 2.91. The van der Waals surface area contributed by atoms with E-state index in [4.69, 9.17) is 10.5 Å². The van der Waals surface area contributed by atoms with Crippen LogP contribution >= 0.6 is 11.8 Å². The molecule has 1 aromatic rings. The molecule has 0 saturated carbocycles. The van der Waals surface area contributed by atoms with Crippen LogP contribution < -0.4 is 10.5 Å². The SMILES string of the molecule is COc1cccc(C(=O)N(C)C(C)CSC)c1N. The fourth-order valence-electron chi connectivity index (χ4n) is 1.65. The number of amides is 1. The minimum atomic E-state index is -0.0760. The van der Waals surface area contributed by atoms with Crippen LogP contribution in [0.25, 0.3) is 0 Å². The largest absolute Gasteiger partial charge is 0.495 e. The fourth-order valence-corrected chi connectivity index (χ4v) is 2.36. The van der Waals surface area contributed by atoms with Crippen LogP contribution in [0.5, 0.6) is 5.75 Å². The van der Waals surface area contributed by atoms with Crippen LogP contribution in [0.15, 0.2) is 18.2 Å². The second kappa shape index (κ2) is 6.54. The third kappa shape index (κ3) is 3.10. The van der Waals surface area contributed by atoms with E-state index in [-0.39, 0.29) is 11.9 Å². The van der Waals surface area contributed by atoms with Gasteiger partial charge in [0, 0.05) is 18.8 Å². The van der Waals surface area contributed by atoms with E-state index in [9.17, 15) is 4.79 Å². The van der Waals surface area contributed by atoms with Gasteiger partial charge in [0.25, 0.3) is 5.91 Å². The summed E-state index contributed by atoms with van der Waals surface area (Å²) >= 11 is 1.71. The van der Waals surface area contributed by atoms with Crippen molar-refractivity contribution < 1.29 is 9.53 Å². The molecule has 1 unspecified atom stereocenters. The van der Waals surface area contributed by atoms with Crippen LogP contribution in [0.2, 0.25) is 0 Å². The van der Waals surface area contributed by atoms with E-state index in [2.05, 4.69) is 0 Å². The van der Waals surface area contributed by atoms with Crippen molar-refractivity contribution >= 4 is 23.4 Å². The minimum absolute atomic E-state index is 0.0760. The first-order valence-corrected chi connectivity index (χ1v) is 7.10. The Morgan fingerprint density at radius 1 is 1.56 bits per heavy atom. The van der Waals surface area contributed by atoms with Crippen LogP contribution in [0.3, 0.4) is 0 Å². The molecule has 4 nitrogen and oxygen atoms in total. The predicted octanol–water partition coefficient (Wildman–Crippen LogP) is 2.10. The molecule has 0 aliphatic heterocycles. The highest BCUT2D eigenvalue weighted by Gasteiger charge is 2.20. The molecule has 100 valence electrons. The number of benzene rings is 1. The first-order valence-electron chi connectivity index (χ1n) is 5.71. The maximum Gasteiger partial charge on any atom is 0.256 e. The zero-order valence-corrected chi connectivity index (χ0v) is 12.1. The van der Waals surface area contributed by atoms with Gasteiger partial charge in [0.1, 0.15) is 5.75 Å². The van der Waals surface area contributed by atoms with Gasteiger partial charge >= 0.3 is 0 Å². The summed E-state index contributed by atoms with van der Waals surface area (Å²) in [5, 5.41) is 0. The van der Waals surface area contributed by atoms with Crippen molar-refractivity contribution in [1.82, 2.24) is 4.90 Å². The number of hydrogen-bond acceptors (Lipinski definition) is 4. The van der Waals surface area contributed by atoms with Gasteiger partial charge in [-0.15, -0.1) is 0 Å². The molecule has 0 fully saturated rings. The number of para-hydroxylation sites is 1. The summed E-state index contributed by atoms with van der Waals surface area (Å²) in [4.78, 5) is 14.0. The second-order valence-corrected chi connectivity index (χ2v) is 5.05. The molecule has 0 heterocycles. The van der Waals surface area contributed by atoms with Crippen molar-refractivity contribution in [3.8, 4) is 5.75 Å². The molecular weight excluding hydrogens is 248 g/mol. The molecule has 18 heavy (non-hydrogen) atoms. The van der Waals surface area contributed by atoms with E-state index < -0.39 is 0 Å². The minimum Gasteiger partial charge on any atom is -0.495 e. The summed E-state index contributed by atoms with van der Waals surface area (Å²) in [6.45, 7) is 2.02. The Kier molecular flexibility index (Phi) is 5.34. The normalized spacial score (nSPS) is 12.0. The first kappa shape index (κ1) is 14.7. The molecule has 0 spiro atoms. The maximum atomic E-state index is 12.3. The molecule has 1 rings (SSSR count).